The second kappa shape index (κ2) is 7.87. The van der Waals surface area contributed by atoms with Gasteiger partial charge in [-0.05, 0) is 18.1 Å². The van der Waals surface area contributed by atoms with Gasteiger partial charge in [-0.1, -0.05) is 55.1 Å². The zero-order valence-electron chi connectivity index (χ0n) is 16.4. The number of carbonyl (C=O) groups is 2. The van der Waals surface area contributed by atoms with E-state index >= 15 is 0 Å². The van der Waals surface area contributed by atoms with Crippen molar-refractivity contribution in [2.45, 2.75) is 31.3 Å². The van der Waals surface area contributed by atoms with Crippen molar-refractivity contribution in [3.8, 4) is 0 Å². The van der Waals surface area contributed by atoms with Crippen LogP contribution in [0.25, 0.3) is 6.08 Å². The predicted molar refractivity (Wildman–Crippen MR) is 110 cm³/mol. The van der Waals surface area contributed by atoms with Gasteiger partial charge in [-0.15, -0.1) is 0 Å². The highest BCUT2D eigenvalue weighted by Crippen LogP contribution is 2.29. The summed E-state index contributed by atoms with van der Waals surface area (Å²) in [4.78, 5) is 38.4. The van der Waals surface area contributed by atoms with Crippen LogP contribution in [0.2, 0.25) is 0 Å². The highest BCUT2D eigenvalue weighted by Gasteiger charge is 2.47. The number of hydrogen-bond donors (Lipinski definition) is 1. The summed E-state index contributed by atoms with van der Waals surface area (Å²) < 4.78 is 0. The third kappa shape index (κ3) is 3.89. The lowest BCUT2D eigenvalue weighted by atomic mass is 9.86. The Bertz CT molecular complexity index is 973. The Balaban J connectivity index is 1.89. The van der Waals surface area contributed by atoms with E-state index in [1.807, 2.05) is 30.3 Å². The average Bonchev–Trinajstić information content (AvgIpc) is 2.70. The fourth-order valence-corrected chi connectivity index (χ4v) is 3.84. The largest absolute Gasteiger partial charge is 0.340 e. The lowest BCUT2D eigenvalue weighted by Crippen LogP contribution is -2.69. The first-order valence-electron chi connectivity index (χ1n) is 9.29. The zero-order valence-corrected chi connectivity index (χ0v) is 16.4. The van der Waals surface area contributed by atoms with Crippen LogP contribution in [0, 0.1) is 10.1 Å². The number of benzene rings is 2. The van der Waals surface area contributed by atoms with E-state index in [0.717, 1.165) is 5.56 Å². The molecule has 1 N–H and O–H groups in total. The third-order valence-corrected chi connectivity index (χ3v) is 5.36. The van der Waals surface area contributed by atoms with Gasteiger partial charge in [0.1, 0.15) is 11.6 Å². The van der Waals surface area contributed by atoms with Crippen molar-refractivity contribution >= 4 is 23.6 Å². The number of hydrogen-bond acceptors (Lipinski definition) is 4. The molecule has 3 rings (SSSR count). The van der Waals surface area contributed by atoms with Gasteiger partial charge in [0.15, 0.2) is 0 Å². The molecule has 7 nitrogen and oxygen atoms in total. The number of nitro groups is 1. The van der Waals surface area contributed by atoms with Gasteiger partial charge < -0.3 is 10.2 Å². The monoisotopic (exact) mass is 393 g/mol. The predicted octanol–water partition coefficient (Wildman–Crippen LogP) is 2.74. The molecule has 1 aliphatic heterocycles. The molecule has 1 heterocycles. The first kappa shape index (κ1) is 20.3. The van der Waals surface area contributed by atoms with E-state index in [4.69, 9.17) is 0 Å². The maximum absolute atomic E-state index is 13.1. The maximum Gasteiger partial charge on any atom is 0.273 e. The quantitative estimate of drug-likeness (QED) is 0.603. The molecular formula is C22H23N3O4. The van der Waals surface area contributed by atoms with E-state index < -0.39 is 16.5 Å². The normalized spacial score (nSPS) is 21.6. The Morgan fingerprint density at radius 1 is 1.21 bits per heavy atom. The number of amides is 2. The molecule has 1 aliphatic rings. The molecule has 2 aromatic carbocycles. The summed E-state index contributed by atoms with van der Waals surface area (Å²) in [6, 6.07) is 13.3. The molecule has 0 radical (unpaired) electrons. The van der Waals surface area contributed by atoms with E-state index in [9.17, 15) is 19.7 Å². The Kier molecular flexibility index (Phi) is 5.50. The second-order valence-electron chi connectivity index (χ2n) is 7.43. The summed E-state index contributed by atoms with van der Waals surface area (Å²) in [6.45, 7) is 5.41. The van der Waals surface area contributed by atoms with Crippen LogP contribution in [-0.2, 0) is 22.4 Å². The van der Waals surface area contributed by atoms with E-state index in [0.29, 0.717) is 17.5 Å². The van der Waals surface area contributed by atoms with Gasteiger partial charge >= 0.3 is 0 Å². The van der Waals surface area contributed by atoms with Gasteiger partial charge in [0.25, 0.3) is 5.69 Å². The van der Waals surface area contributed by atoms with Crippen LogP contribution in [-0.4, -0.2) is 40.3 Å². The molecule has 1 saturated heterocycles. The summed E-state index contributed by atoms with van der Waals surface area (Å²) in [5.74, 6) is -0.566. The Morgan fingerprint density at radius 3 is 2.52 bits per heavy atom. The summed E-state index contributed by atoms with van der Waals surface area (Å²) in [7, 11) is 1.57. The van der Waals surface area contributed by atoms with Gasteiger partial charge in [0.05, 0.1) is 4.92 Å². The molecule has 0 aromatic heterocycles. The van der Waals surface area contributed by atoms with E-state index in [-0.39, 0.29) is 23.9 Å². The summed E-state index contributed by atoms with van der Waals surface area (Å²) in [6.07, 6.45) is 1.91. The highest BCUT2D eigenvalue weighted by molar-refractivity contribution is 5.99. The Hall–Kier alpha value is -3.48. The average molecular weight is 393 g/mol. The minimum absolute atomic E-state index is 0.0357. The van der Waals surface area contributed by atoms with Crippen molar-refractivity contribution in [1.82, 2.24) is 10.2 Å². The smallest absolute Gasteiger partial charge is 0.273 e. The van der Waals surface area contributed by atoms with Gasteiger partial charge in [-0.2, -0.15) is 0 Å². The first-order chi connectivity index (χ1) is 13.8. The maximum atomic E-state index is 13.1. The van der Waals surface area contributed by atoms with Gasteiger partial charge in [-0.25, -0.2) is 0 Å². The minimum Gasteiger partial charge on any atom is -0.340 e. The number of carbonyl (C=O) groups excluding carboxylic acids is 2. The zero-order chi connectivity index (χ0) is 21.2. The van der Waals surface area contributed by atoms with E-state index in [2.05, 4.69) is 11.9 Å². The fraction of sp³-hybridized carbons (Fsp3) is 0.273. The molecular weight excluding hydrogens is 370 g/mol. The molecule has 0 saturated carbocycles. The lowest BCUT2D eigenvalue weighted by molar-refractivity contribution is -0.385. The van der Waals surface area contributed by atoms with Crippen LogP contribution in [0.4, 0.5) is 5.69 Å². The molecule has 150 valence electrons. The Labute approximate surface area is 169 Å². The molecule has 2 amide bonds. The van der Waals surface area contributed by atoms with Gasteiger partial charge in [0.2, 0.25) is 11.8 Å². The fourth-order valence-electron chi connectivity index (χ4n) is 3.84. The van der Waals surface area contributed by atoms with Crippen molar-refractivity contribution < 1.29 is 14.5 Å². The second-order valence-corrected chi connectivity index (χ2v) is 7.43. The minimum atomic E-state index is -1.08. The van der Waals surface area contributed by atoms with Crippen molar-refractivity contribution in [3.05, 3.63) is 81.9 Å². The highest BCUT2D eigenvalue weighted by atomic mass is 16.6. The topological polar surface area (TPSA) is 92.5 Å². The van der Waals surface area contributed by atoms with Crippen molar-refractivity contribution in [2.24, 2.45) is 0 Å². The lowest BCUT2D eigenvalue weighted by Gasteiger charge is -2.43. The standard InChI is InChI=1S/C22H23N3O4/c1-4-16-11-8-12-18(25(28)29)17(16)13-19-20(26)23-22(2,21(27)24(19)3)14-15-9-6-5-7-10-15/h4-12,19H,1,13-14H2,2-3H3,(H,23,26). The van der Waals surface area contributed by atoms with Gasteiger partial charge in [0, 0.05) is 31.5 Å². The Morgan fingerprint density at radius 2 is 1.90 bits per heavy atom. The number of likely N-dealkylation sites (N-methyl/N-ethyl adjacent to an activating group) is 1. The van der Waals surface area contributed by atoms with Crippen LogP contribution in [0.15, 0.2) is 55.1 Å². The summed E-state index contributed by atoms with van der Waals surface area (Å²) in [5, 5.41) is 14.3. The van der Waals surface area contributed by atoms with Gasteiger partial charge in [-0.3, -0.25) is 19.7 Å². The molecule has 0 aliphatic carbocycles. The molecule has 2 atom stereocenters. The first-order valence-corrected chi connectivity index (χ1v) is 9.29. The molecule has 29 heavy (non-hydrogen) atoms. The molecule has 7 heteroatoms. The summed E-state index contributed by atoms with van der Waals surface area (Å²) >= 11 is 0. The van der Waals surface area contributed by atoms with Crippen LogP contribution in [0.5, 0.6) is 0 Å². The number of nitrogens with one attached hydrogen (secondary N) is 1. The molecule has 0 bridgehead atoms. The van der Waals surface area contributed by atoms with E-state index in [1.165, 1.54) is 17.0 Å². The number of nitrogens with zero attached hydrogens (tertiary/aromatic N) is 2. The van der Waals surface area contributed by atoms with Crippen molar-refractivity contribution in [1.29, 1.82) is 0 Å². The molecule has 2 unspecified atom stereocenters. The van der Waals surface area contributed by atoms with Crippen LogP contribution in [0.1, 0.15) is 23.6 Å². The number of nitro benzene ring substituents is 1. The number of rotatable bonds is 6. The summed E-state index contributed by atoms with van der Waals surface area (Å²) in [5.41, 5.74) is 0.731. The van der Waals surface area contributed by atoms with E-state index in [1.54, 1.807) is 26.1 Å². The van der Waals surface area contributed by atoms with Crippen molar-refractivity contribution in [3.63, 3.8) is 0 Å². The third-order valence-electron chi connectivity index (χ3n) is 5.36. The molecule has 1 fully saturated rings. The SMILES string of the molecule is C=Cc1cccc([N+](=O)[O-])c1CC1C(=O)NC(C)(Cc2ccccc2)C(=O)N1C. The van der Waals surface area contributed by atoms with Crippen LogP contribution in [0.3, 0.4) is 0 Å². The van der Waals surface area contributed by atoms with Crippen LogP contribution >= 0.6 is 0 Å². The van der Waals surface area contributed by atoms with Crippen LogP contribution < -0.4 is 5.32 Å². The molecule has 0 spiro atoms. The number of piperazine rings is 1. The molecule has 2 aromatic rings. The van der Waals surface area contributed by atoms with Crippen molar-refractivity contribution in [2.75, 3.05) is 7.05 Å².